The number of aryl methyl sites for hydroxylation is 1. The van der Waals surface area contributed by atoms with Crippen LogP contribution in [0.3, 0.4) is 0 Å². The summed E-state index contributed by atoms with van der Waals surface area (Å²) < 4.78 is 1.54. The van der Waals surface area contributed by atoms with Crippen molar-refractivity contribution in [3.63, 3.8) is 0 Å². The average molecular weight is 315 g/mol. The summed E-state index contributed by atoms with van der Waals surface area (Å²) in [5.41, 5.74) is 1.19. The van der Waals surface area contributed by atoms with E-state index in [4.69, 9.17) is 0 Å². The third-order valence-corrected chi connectivity index (χ3v) is 4.32. The summed E-state index contributed by atoms with van der Waals surface area (Å²) in [7, 11) is 0. The summed E-state index contributed by atoms with van der Waals surface area (Å²) in [6, 6.07) is 10.2. The van der Waals surface area contributed by atoms with E-state index in [2.05, 4.69) is 33.0 Å². The Morgan fingerprint density at radius 1 is 1.35 bits per heavy atom. The van der Waals surface area contributed by atoms with Gasteiger partial charge in [-0.15, -0.1) is 5.10 Å². The van der Waals surface area contributed by atoms with E-state index < -0.39 is 0 Å². The van der Waals surface area contributed by atoms with E-state index >= 15 is 0 Å². The van der Waals surface area contributed by atoms with Crippen molar-refractivity contribution in [1.29, 1.82) is 0 Å². The van der Waals surface area contributed by atoms with Gasteiger partial charge in [-0.3, -0.25) is 4.79 Å². The first-order valence-electron chi connectivity index (χ1n) is 7.93. The third-order valence-electron chi connectivity index (χ3n) is 4.32. The summed E-state index contributed by atoms with van der Waals surface area (Å²) in [5, 5.41) is 23.5. The van der Waals surface area contributed by atoms with Crippen molar-refractivity contribution in [1.82, 2.24) is 25.5 Å². The molecule has 1 heterocycles. The monoisotopic (exact) mass is 315 g/mol. The Hall–Kier alpha value is -2.28. The number of aliphatic hydroxyl groups excluding tert-OH is 1. The van der Waals surface area contributed by atoms with Gasteiger partial charge < -0.3 is 10.4 Å². The minimum Gasteiger partial charge on any atom is -0.393 e. The predicted octanol–water partition coefficient (Wildman–Crippen LogP) is 0.562. The first-order valence-corrected chi connectivity index (χ1v) is 7.93. The van der Waals surface area contributed by atoms with E-state index in [9.17, 15) is 9.90 Å². The molecular weight excluding hydrogens is 294 g/mol. The molecule has 1 fully saturated rings. The fraction of sp³-hybridized carbons (Fsp3) is 0.500. The number of tetrazole rings is 1. The van der Waals surface area contributed by atoms with Crippen molar-refractivity contribution in [2.45, 2.75) is 44.4 Å². The van der Waals surface area contributed by atoms with Gasteiger partial charge in [0, 0.05) is 12.5 Å². The number of aliphatic hydroxyl groups is 1. The van der Waals surface area contributed by atoms with Crippen LogP contribution in [0, 0.1) is 5.92 Å². The average Bonchev–Trinajstić information content (AvgIpc) is 3.04. The lowest BCUT2D eigenvalue weighted by Crippen LogP contribution is -2.48. The highest BCUT2D eigenvalue weighted by Crippen LogP contribution is 2.31. The van der Waals surface area contributed by atoms with Crippen molar-refractivity contribution in [3.8, 4) is 0 Å². The van der Waals surface area contributed by atoms with Crippen LogP contribution < -0.4 is 5.32 Å². The van der Waals surface area contributed by atoms with Gasteiger partial charge in [-0.05, 0) is 41.2 Å². The number of hydrogen-bond acceptors (Lipinski definition) is 5. The van der Waals surface area contributed by atoms with Crippen LogP contribution >= 0.6 is 0 Å². The smallest absolute Gasteiger partial charge is 0.222 e. The predicted molar refractivity (Wildman–Crippen MR) is 83.2 cm³/mol. The molecule has 0 aliphatic heterocycles. The standard InChI is InChI=1S/C16H21N5O2/c22-14-9-13(10-14)15(8-12-4-2-1-3-5-12)18-16(23)6-7-21-11-17-19-20-21/h1-5,11,13-15,22H,6-10H2,(H,18,23). The minimum atomic E-state index is -0.226. The van der Waals surface area contributed by atoms with E-state index in [0.717, 1.165) is 19.3 Å². The lowest BCUT2D eigenvalue weighted by molar-refractivity contribution is -0.123. The molecular formula is C16H21N5O2. The molecule has 2 aromatic rings. The maximum absolute atomic E-state index is 12.2. The van der Waals surface area contributed by atoms with Gasteiger partial charge in [-0.1, -0.05) is 30.3 Å². The third kappa shape index (κ3) is 4.35. The molecule has 0 radical (unpaired) electrons. The van der Waals surface area contributed by atoms with E-state index in [1.54, 1.807) is 4.68 Å². The Balaban J connectivity index is 1.55. The summed E-state index contributed by atoms with van der Waals surface area (Å²) in [6.45, 7) is 0.462. The van der Waals surface area contributed by atoms with E-state index in [-0.39, 0.29) is 18.1 Å². The summed E-state index contributed by atoms with van der Waals surface area (Å²) in [4.78, 5) is 12.2. The molecule has 0 saturated heterocycles. The Morgan fingerprint density at radius 2 is 2.13 bits per heavy atom. The Kier molecular flexibility index (Phi) is 4.97. The van der Waals surface area contributed by atoms with Gasteiger partial charge in [0.15, 0.2) is 0 Å². The molecule has 1 saturated carbocycles. The SMILES string of the molecule is O=C(CCn1cnnn1)NC(Cc1ccccc1)C1CC(O)C1. The topological polar surface area (TPSA) is 92.9 Å². The largest absolute Gasteiger partial charge is 0.393 e. The van der Waals surface area contributed by atoms with Crippen LogP contribution in [0.15, 0.2) is 36.7 Å². The van der Waals surface area contributed by atoms with Crippen LogP contribution in [0.5, 0.6) is 0 Å². The maximum Gasteiger partial charge on any atom is 0.222 e. The zero-order chi connectivity index (χ0) is 16.1. The zero-order valence-electron chi connectivity index (χ0n) is 12.9. The zero-order valence-corrected chi connectivity index (χ0v) is 12.9. The van der Waals surface area contributed by atoms with Gasteiger partial charge >= 0.3 is 0 Å². The Labute approximate surface area is 134 Å². The number of hydrogen-bond donors (Lipinski definition) is 2. The number of benzene rings is 1. The molecule has 1 aromatic heterocycles. The normalized spacial score (nSPS) is 21.4. The highest BCUT2D eigenvalue weighted by molar-refractivity contribution is 5.76. The van der Waals surface area contributed by atoms with Crippen LogP contribution in [-0.4, -0.2) is 43.4 Å². The minimum absolute atomic E-state index is 0.0113. The van der Waals surface area contributed by atoms with Crippen molar-refractivity contribution in [2.75, 3.05) is 0 Å². The second-order valence-corrected chi connectivity index (χ2v) is 6.07. The highest BCUT2D eigenvalue weighted by atomic mass is 16.3. The van der Waals surface area contributed by atoms with Crippen molar-refractivity contribution in [3.05, 3.63) is 42.2 Å². The number of amides is 1. The van der Waals surface area contributed by atoms with Crippen molar-refractivity contribution < 1.29 is 9.90 Å². The first kappa shape index (κ1) is 15.6. The molecule has 0 bridgehead atoms. The molecule has 1 unspecified atom stereocenters. The van der Waals surface area contributed by atoms with E-state index in [0.29, 0.717) is 18.9 Å². The van der Waals surface area contributed by atoms with Gasteiger partial charge in [0.1, 0.15) is 6.33 Å². The van der Waals surface area contributed by atoms with Gasteiger partial charge in [0.05, 0.1) is 12.6 Å². The van der Waals surface area contributed by atoms with Crippen LogP contribution in [0.25, 0.3) is 0 Å². The molecule has 3 rings (SSSR count). The van der Waals surface area contributed by atoms with Gasteiger partial charge in [0.25, 0.3) is 0 Å². The molecule has 7 heteroatoms. The molecule has 122 valence electrons. The molecule has 1 aliphatic rings. The number of nitrogens with one attached hydrogen (secondary N) is 1. The van der Waals surface area contributed by atoms with Crippen LogP contribution in [0.2, 0.25) is 0 Å². The number of rotatable bonds is 7. The second-order valence-electron chi connectivity index (χ2n) is 6.07. The maximum atomic E-state index is 12.2. The summed E-state index contributed by atoms with van der Waals surface area (Å²) in [5.74, 6) is 0.324. The van der Waals surface area contributed by atoms with Crippen LogP contribution in [0.4, 0.5) is 0 Å². The van der Waals surface area contributed by atoms with Crippen LogP contribution in [0.1, 0.15) is 24.8 Å². The molecule has 1 atom stereocenters. The molecule has 23 heavy (non-hydrogen) atoms. The van der Waals surface area contributed by atoms with Crippen molar-refractivity contribution in [2.24, 2.45) is 5.92 Å². The lowest BCUT2D eigenvalue weighted by Gasteiger charge is -2.38. The number of nitrogens with zero attached hydrogens (tertiary/aromatic N) is 4. The highest BCUT2D eigenvalue weighted by Gasteiger charge is 2.34. The quantitative estimate of drug-likeness (QED) is 0.779. The van der Waals surface area contributed by atoms with Gasteiger partial charge in [0.2, 0.25) is 5.91 Å². The molecule has 7 nitrogen and oxygen atoms in total. The first-order chi connectivity index (χ1) is 11.2. The molecule has 1 aromatic carbocycles. The van der Waals surface area contributed by atoms with Crippen LogP contribution in [-0.2, 0) is 17.8 Å². The summed E-state index contributed by atoms with van der Waals surface area (Å²) in [6.07, 6.45) is 3.91. The fourth-order valence-electron chi connectivity index (χ4n) is 2.94. The van der Waals surface area contributed by atoms with E-state index in [1.165, 1.54) is 11.9 Å². The lowest BCUT2D eigenvalue weighted by atomic mass is 9.75. The molecule has 0 spiro atoms. The molecule has 1 aliphatic carbocycles. The second kappa shape index (κ2) is 7.32. The van der Waals surface area contributed by atoms with Gasteiger partial charge in [-0.25, -0.2) is 4.68 Å². The summed E-state index contributed by atoms with van der Waals surface area (Å²) >= 11 is 0. The number of carbonyl (C=O) groups is 1. The Bertz CT molecular complexity index is 611. The number of carbonyl (C=O) groups excluding carboxylic acids is 1. The van der Waals surface area contributed by atoms with E-state index in [1.807, 2.05) is 18.2 Å². The Morgan fingerprint density at radius 3 is 2.78 bits per heavy atom. The fourth-order valence-corrected chi connectivity index (χ4v) is 2.94. The van der Waals surface area contributed by atoms with Gasteiger partial charge in [-0.2, -0.15) is 0 Å². The number of aromatic nitrogens is 4. The molecule has 1 amide bonds. The van der Waals surface area contributed by atoms with Crippen molar-refractivity contribution >= 4 is 5.91 Å². The molecule has 2 N–H and O–H groups in total.